The summed E-state index contributed by atoms with van der Waals surface area (Å²) >= 11 is 5.74. The number of hydrogen-bond acceptors (Lipinski definition) is 4. The van der Waals surface area contributed by atoms with Crippen LogP contribution in [0.4, 0.5) is 5.69 Å². The molecule has 110 valence electrons. The van der Waals surface area contributed by atoms with Crippen LogP contribution >= 0.6 is 11.6 Å². The van der Waals surface area contributed by atoms with Gasteiger partial charge >= 0.3 is 0 Å². The molecule has 0 heterocycles. The Balaban J connectivity index is 2.23. The lowest BCUT2D eigenvalue weighted by molar-refractivity contribution is -0.387. The molecule has 6 nitrogen and oxygen atoms in total. The summed E-state index contributed by atoms with van der Waals surface area (Å²) in [4.78, 5) is 9.80. The van der Waals surface area contributed by atoms with Crippen LogP contribution in [0.25, 0.3) is 0 Å². The molecule has 0 aliphatic rings. The first-order valence-electron chi connectivity index (χ1n) is 5.88. The summed E-state index contributed by atoms with van der Waals surface area (Å²) in [5, 5.41) is 11.4. The van der Waals surface area contributed by atoms with Gasteiger partial charge in [0, 0.05) is 17.6 Å². The summed E-state index contributed by atoms with van der Waals surface area (Å²) in [7, 11) is -3.97. The van der Waals surface area contributed by atoms with Crippen LogP contribution in [0.1, 0.15) is 5.56 Å². The standard InChI is InChI=1S/C13H11ClN2O4S/c14-11-7-5-10(6-8-11)9-15-21(19,20)13-4-2-1-3-12(13)16(17)18/h1-8,15H,9H2. The van der Waals surface area contributed by atoms with Gasteiger partial charge in [-0.2, -0.15) is 0 Å². The molecular formula is C13H11ClN2O4S. The van der Waals surface area contributed by atoms with Crippen LogP contribution in [0.15, 0.2) is 53.4 Å². The summed E-state index contributed by atoms with van der Waals surface area (Å²) in [5.41, 5.74) is 0.239. The van der Waals surface area contributed by atoms with E-state index < -0.39 is 20.6 Å². The number of nitrogens with one attached hydrogen (secondary N) is 1. The maximum Gasteiger partial charge on any atom is 0.289 e. The van der Waals surface area contributed by atoms with Crippen LogP contribution in [-0.4, -0.2) is 13.3 Å². The average molecular weight is 327 g/mol. The maximum atomic E-state index is 12.2. The number of rotatable bonds is 5. The van der Waals surface area contributed by atoms with Crippen molar-refractivity contribution in [2.75, 3.05) is 0 Å². The number of hydrogen-bond donors (Lipinski definition) is 1. The van der Waals surface area contributed by atoms with Gasteiger partial charge in [0.2, 0.25) is 10.0 Å². The molecule has 0 aliphatic heterocycles. The van der Waals surface area contributed by atoms with Gasteiger partial charge in [0.15, 0.2) is 4.90 Å². The van der Waals surface area contributed by atoms with Gasteiger partial charge in [-0.1, -0.05) is 35.9 Å². The Labute approximate surface area is 126 Å². The molecule has 0 fully saturated rings. The number of benzene rings is 2. The summed E-state index contributed by atoms with van der Waals surface area (Å²) in [6.45, 7) is 0.0194. The molecule has 1 N–H and O–H groups in total. The number of nitrogens with zero attached hydrogens (tertiary/aromatic N) is 1. The second kappa shape index (κ2) is 6.21. The maximum absolute atomic E-state index is 12.2. The number of nitro benzene ring substituents is 1. The highest BCUT2D eigenvalue weighted by molar-refractivity contribution is 7.89. The fraction of sp³-hybridized carbons (Fsp3) is 0.0769. The fourth-order valence-corrected chi connectivity index (χ4v) is 3.01. The van der Waals surface area contributed by atoms with E-state index in [1.165, 1.54) is 18.2 Å². The van der Waals surface area contributed by atoms with Crippen molar-refractivity contribution < 1.29 is 13.3 Å². The number of halogens is 1. The van der Waals surface area contributed by atoms with E-state index in [2.05, 4.69) is 4.72 Å². The highest BCUT2D eigenvalue weighted by Crippen LogP contribution is 2.22. The Bertz CT molecular complexity index is 760. The number of sulfonamides is 1. The third-order valence-electron chi connectivity index (χ3n) is 2.73. The summed E-state index contributed by atoms with van der Waals surface area (Å²) < 4.78 is 26.6. The minimum absolute atomic E-state index is 0.0194. The van der Waals surface area contributed by atoms with Gasteiger partial charge in [-0.15, -0.1) is 0 Å². The van der Waals surface area contributed by atoms with Crippen molar-refractivity contribution in [3.8, 4) is 0 Å². The smallest absolute Gasteiger partial charge is 0.258 e. The molecule has 2 rings (SSSR count). The van der Waals surface area contributed by atoms with Gasteiger partial charge in [-0.3, -0.25) is 10.1 Å². The predicted octanol–water partition coefficient (Wildman–Crippen LogP) is 2.73. The monoisotopic (exact) mass is 326 g/mol. The van der Waals surface area contributed by atoms with Crippen LogP contribution in [0.5, 0.6) is 0 Å². The van der Waals surface area contributed by atoms with Crippen LogP contribution in [0.2, 0.25) is 5.02 Å². The Morgan fingerprint density at radius 3 is 2.33 bits per heavy atom. The molecule has 2 aromatic rings. The van der Waals surface area contributed by atoms with Crippen LogP contribution in [0.3, 0.4) is 0 Å². The van der Waals surface area contributed by atoms with Crippen LogP contribution < -0.4 is 4.72 Å². The van der Waals surface area contributed by atoms with Crippen LogP contribution in [0, 0.1) is 10.1 Å². The van der Waals surface area contributed by atoms with Crippen molar-refractivity contribution >= 4 is 27.3 Å². The van der Waals surface area contributed by atoms with E-state index >= 15 is 0 Å². The second-order valence-electron chi connectivity index (χ2n) is 4.18. The lowest BCUT2D eigenvalue weighted by atomic mass is 10.2. The van der Waals surface area contributed by atoms with E-state index in [-0.39, 0.29) is 11.4 Å². The Hall–Kier alpha value is -1.96. The van der Waals surface area contributed by atoms with Gasteiger partial charge in [-0.25, -0.2) is 13.1 Å². The highest BCUT2D eigenvalue weighted by Gasteiger charge is 2.24. The molecule has 0 radical (unpaired) electrons. The lowest BCUT2D eigenvalue weighted by Crippen LogP contribution is -2.24. The Kier molecular flexibility index (Phi) is 4.56. The predicted molar refractivity (Wildman–Crippen MR) is 78.6 cm³/mol. The van der Waals surface area contributed by atoms with Crippen molar-refractivity contribution in [1.82, 2.24) is 4.72 Å². The van der Waals surface area contributed by atoms with E-state index in [0.717, 1.165) is 6.07 Å². The summed E-state index contributed by atoms with van der Waals surface area (Å²) in [6.07, 6.45) is 0. The number of para-hydroxylation sites is 1. The van der Waals surface area contributed by atoms with Crippen molar-refractivity contribution in [1.29, 1.82) is 0 Å². The molecule has 0 aliphatic carbocycles. The van der Waals surface area contributed by atoms with Gasteiger partial charge in [0.25, 0.3) is 5.69 Å². The normalized spacial score (nSPS) is 11.3. The molecule has 0 saturated heterocycles. The lowest BCUT2D eigenvalue weighted by Gasteiger charge is -2.07. The molecule has 0 unspecified atom stereocenters. The third-order valence-corrected chi connectivity index (χ3v) is 4.43. The summed E-state index contributed by atoms with van der Waals surface area (Å²) in [5.74, 6) is 0. The third kappa shape index (κ3) is 3.78. The Morgan fingerprint density at radius 1 is 1.10 bits per heavy atom. The first kappa shape index (κ1) is 15.4. The molecule has 0 amide bonds. The molecule has 0 bridgehead atoms. The minimum Gasteiger partial charge on any atom is -0.258 e. The molecule has 2 aromatic carbocycles. The number of nitro groups is 1. The van der Waals surface area contributed by atoms with Gasteiger partial charge in [0.05, 0.1) is 4.92 Å². The van der Waals surface area contributed by atoms with Crippen molar-refractivity contribution in [2.45, 2.75) is 11.4 Å². The van der Waals surface area contributed by atoms with Crippen molar-refractivity contribution in [3.05, 3.63) is 69.2 Å². The molecule has 21 heavy (non-hydrogen) atoms. The van der Waals surface area contributed by atoms with Crippen molar-refractivity contribution in [3.63, 3.8) is 0 Å². The van der Waals surface area contributed by atoms with E-state index in [1.807, 2.05) is 0 Å². The fourth-order valence-electron chi connectivity index (χ4n) is 1.69. The zero-order chi connectivity index (χ0) is 15.5. The molecule has 8 heteroatoms. The first-order valence-corrected chi connectivity index (χ1v) is 7.74. The molecule has 0 spiro atoms. The zero-order valence-electron chi connectivity index (χ0n) is 10.7. The van der Waals surface area contributed by atoms with Gasteiger partial charge < -0.3 is 0 Å². The minimum atomic E-state index is -3.97. The highest BCUT2D eigenvalue weighted by atomic mass is 35.5. The molecule has 0 atom stereocenters. The average Bonchev–Trinajstić information content (AvgIpc) is 2.47. The Morgan fingerprint density at radius 2 is 1.71 bits per heavy atom. The van der Waals surface area contributed by atoms with E-state index in [9.17, 15) is 18.5 Å². The van der Waals surface area contributed by atoms with E-state index in [1.54, 1.807) is 24.3 Å². The summed E-state index contributed by atoms with van der Waals surface area (Å²) in [6, 6.07) is 11.8. The molecule has 0 saturated carbocycles. The molecular weight excluding hydrogens is 316 g/mol. The topological polar surface area (TPSA) is 89.3 Å². The first-order chi connectivity index (χ1) is 9.90. The van der Waals surface area contributed by atoms with Gasteiger partial charge in [-0.05, 0) is 23.8 Å². The van der Waals surface area contributed by atoms with Gasteiger partial charge in [0.1, 0.15) is 0 Å². The SMILES string of the molecule is O=[N+]([O-])c1ccccc1S(=O)(=O)NCc1ccc(Cl)cc1. The van der Waals surface area contributed by atoms with E-state index in [0.29, 0.717) is 10.6 Å². The quantitative estimate of drug-likeness (QED) is 0.675. The van der Waals surface area contributed by atoms with E-state index in [4.69, 9.17) is 11.6 Å². The second-order valence-corrected chi connectivity index (χ2v) is 6.35. The largest absolute Gasteiger partial charge is 0.289 e. The molecule has 0 aromatic heterocycles. The van der Waals surface area contributed by atoms with Crippen LogP contribution in [-0.2, 0) is 16.6 Å². The van der Waals surface area contributed by atoms with Crippen molar-refractivity contribution in [2.24, 2.45) is 0 Å². The zero-order valence-corrected chi connectivity index (χ0v) is 12.3.